The molecular formula is C12H21NO2. The van der Waals surface area contributed by atoms with Crippen molar-refractivity contribution in [3.8, 4) is 0 Å². The molecule has 0 spiro atoms. The number of rotatable bonds is 5. The average Bonchev–Trinajstić information content (AvgIpc) is 2.92. The Morgan fingerprint density at radius 2 is 1.93 bits per heavy atom. The van der Waals surface area contributed by atoms with Crippen molar-refractivity contribution in [2.45, 2.75) is 57.5 Å². The molecule has 0 heterocycles. The lowest BCUT2D eigenvalue weighted by Crippen LogP contribution is -2.42. The fourth-order valence-electron chi connectivity index (χ4n) is 2.66. The van der Waals surface area contributed by atoms with E-state index in [2.05, 4.69) is 4.90 Å². The molecule has 0 amide bonds. The van der Waals surface area contributed by atoms with Crippen LogP contribution in [0.5, 0.6) is 0 Å². The van der Waals surface area contributed by atoms with Crippen molar-refractivity contribution >= 4 is 5.97 Å². The SMILES string of the molecule is CC(C(=O)O)N(CC1CCCC1)C1CC1. The van der Waals surface area contributed by atoms with Crippen molar-refractivity contribution in [1.82, 2.24) is 4.90 Å². The van der Waals surface area contributed by atoms with Crippen LogP contribution in [0.2, 0.25) is 0 Å². The van der Waals surface area contributed by atoms with Crippen LogP contribution in [-0.2, 0) is 4.79 Å². The molecule has 86 valence electrons. The number of carboxylic acid groups (broad SMARTS) is 1. The van der Waals surface area contributed by atoms with Gasteiger partial charge in [-0.3, -0.25) is 9.69 Å². The van der Waals surface area contributed by atoms with E-state index in [0.717, 1.165) is 12.5 Å². The fraction of sp³-hybridized carbons (Fsp3) is 0.917. The van der Waals surface area contributed by atoms with Crippen molar-refractivity contribution in [3.05, 3.63) is 0 Å². The molecule has 0 radical (unpaired) electrons. The van der Waals surface area contributed by atoms with E-state index in [4.69, 9.17) is 5.11 Å². The van der Waals surface area contributed by atoms with Gasteiger partial charge in [0.1, 0.15) is 6.04 Å². The van der Waals surface area contributed by atoms with Gasteiger partial charge in [0, 0.05) is 12.6 Å². The lowest BCUT2D eigenvalue weighted by molar-refractivity contribution is -0.143. The van der Waals surface area contributed by atoms with Gasteiger partial charge in [0.15, 0.2) is 0 Å². The minimum absolute atomic E-state index is 0.293. The van der Waals surface area contributed by atoms with Crippen LogP contribution < -0.4 is 0 Å². The summed E-state index contributed by atoms with van der Waals surface area (Å²) in [6.45, 7) is 2.84. The Kier molecular flexibility index (Phi) is 3.29. The van der Waals surface area contributed by atoms with Crippen LogP contribution in [0.25, 0.3) is 0 Å². The van der Waals surface area contributed by atoms with Crippen LogP contribution in [0.4, 0.5) is 0 Å². The highest BCUT2D eigenvalue weighted by Gasteiger charge is 2.36. The molecule has 0 aromatic rings. The number of carboxylic acids is 1. The second-order valence-electron chi connectivity index (χ2n) is 5.09. The quantitative estimate of drug-likeness (QED) is 0.757. The molecule has 1 unspecified atom stereocenters. The lowest BCUT2D eigenvalue weighted by atomic mass is 10.1. The summed E-state index contributed by atoms with van der Waals surface area (Å²) < 4.78 is 0. The van der Waals surface area contributed by atoms with Crippen molar-refractivity contribution in [3.63, 3.8) is 0 Å². The topological polar surface area (TPSA) is 40.5 Å². The van der Waals surface area contributed by atoms with Gasteiger partial charge in [0.2, 0.25) is 0 Å². The third-order valence-corrected chi connectivity index (χ3v) is 3.81. The first-order valence-electron chi connectivity index (χ1n) is 6.17. The maximum absolute atomic E-state index is 11.0. The Labute approximate surface area is 91.5 Å². The van der Waals surface area contributed by atoms with Gasteiger partial charge in [-0.15, -0.1) is 0 Å². The molecule has 15 heavy (non-hydrogen) atoms. The number of carbonyl (C=O) groups is 1. The van der Waals surface area contributed by atoms with Crippen LogP contribution in [0.1, 0.15) is 45.4 Å². The normalized spacial score (nSPS) is 24.7. The molecule has 0 bridgehead atoms. The van der Waals surface area contributed by atoms with Crippen LogP contribution in [0.3, 0.4) is 0 Å². The summed E-state index contributed by atoms with van der Waals surface area (Å²) in [6.07, 6.45) is 7.68. The molecule has 2 rings (SSSR count). The molecule has 0 aromatic carbocycles. The van der Waals surface area contributed by atoms with E-state index in [0.29, 0.717) is 6.04 Å². The largest absolute Gasteiger partial charge is 0.480 e. The van der Waals surface area contributed by atoms with Gasteiger partial charge >= 0.3 is 5.97 Å². The van der Waals surface area contributed by atoms with Crippen molar-refractivity contribution in [2.75, 3.05) is 6.54 Å². The number of hydrogen-bond donors (Lipinski definition) is 1. The fourth-order valence-corrected chi connectivity index (χ4v) is 2.66. The van der Waals surface area contributed by atoms with E-state index in [9.17, 15) is 4.79 Å². The standard InChI is InChI=1S/C12H21NO2/c1-9(12(14)15)13(11-6-7-11)8-10-4-2-3-5-10/h9-11H,2-8H2,1H3,(H,14,15). The summed E-state index contributed by atoms with van der Waals surface area (Å²) in [5.41, 5.74) is 0. The van der Waals surface area contributed by atoms with Crippen molar-refractivity contribution < 1.29 is 9.90 Å². The molecule has 2 aliphatic rings. The Bertz CT molecular complexity index is 232. The maximum Gasteiger partial charge on any atom is 0.320 e. The van der Waals surface area contributed by atoms with Crippen LogP contribution in [0, 0.1) is 5.92 Å². The van der Waals surface area contributed by atoms with Gasteiger partial charge in [-0.05, 0) is 38.5 Å². The lowest BCUT2D eigenvalue weighted by Gasteiger charge is -2.28. The Balaban J connectivity index is 1.90. The molecule has 1 N–H and O–H groups in total. The first-order chi connectivity index (χ1) is 7.18. The predicted molar refractivity (Wildman–Crippen MR) is 58.8 cm³/mol. The highest BCUT2D eigenvalue weighted by atomic mass is 16.4. The highest BCUT2D eigenvalue weighted by Crippen LogP contribution is 2.33. The minimum atomic E-state index is -0.667. The van der Waals surface area contributed by atoms with Gasteiger partial charge in [-0.2, -0.15) is 0 Å². The summed E-state index contributed by atoms with van der Waals surface area (Å²) in [4.78, 5) is 13.2. The highest BCUT2D eigenvalue weighted by molar-refractivity contribution is 5.73. The van der Waals surface area contributed by atoms with Crippen LogP contribution >= 0.6 is 0 Å². The third-order valence-electron chi connectivity index (χ3n) is 3.81. The van der Waals surface area contributed by atoms with Crippen molar-refractivity contribution in [2.24, 2.45) is 5.92 Å². The van der Waals surface area contributed by atoms with Gasteiger partial charge in [-0.1, -0.05) is 12.8 Å². The summed E-state index contributed by atoms with van der Waals surface area (Å²) in [7, 11) is 0. The Morgan fingerprint density at radius 1 is 1.33 bits per heavy atom. The predicted octanol–water partition coefficient (Wildman–Crippen LogP) is 2.11. The Morgan fingerprint density at radius 3 is 2.40 bits per heavy atom. The van der Waals surface area contributed by atoms with Crippen LogP contribution in [0.15, 0.2) is 0 Å². The monoisotopic (exact) mass is 211 g/mol. The zero-order chi connectivity index (χ0) is 10.8. The van der Waals surface area contributed by atoms with Gasteiger partial charge in [-0.25, -0.2) is 0 Å². The Hall–Kier alpha value is -0.570. The van der Waals surface area contributed by atoms with Gasteiger partial charge in [0.05, 0.1) is 0 Å². The molecule has 0 aliphatic heterocycles. The average molecular weight is 211 g/mol. The smallest absolute Gasteiger partial charge is 0.320 e. The molecule has 3 nitrogen and oxygen atoms in total. The molecule has 2 saturated carbocycles. The zero-order valence-corrected chi connectivity index (χ0v) is 9.48. The molecule has 3 heteroatoms. The molecule has 2 aliphatic carbocycles. The molecule has 1 atom stereocenters. The van der Waals surface area contributed by atoms with Crippen molar-refractivity contribution in [1.29, 1.82) is 0 Å². The number of aliphatic carboxylic acids is 1. The van der Waals surface area contributed by atoms with E-state index in [-0.39, 0.29) is 6.04 Å². The second kappa shape index (κ2) is 4.52. The zero-order valence-electron chi connectivity index (χ0n) is 9.48. The summed E-state index contributed by atoms with van der Waals surface area (Å²) in [5, 5.41) is 9.06. The molecule has 2 fully saturated rings. The van der Waals surface area contributed by atoms with E-state index in [1.807, 2.05) is 6.92 Å². The summed E-state index contributed by atoms with van der Waals surface area (Å²) >= 11 is 0. The third kappa shape index (κ3) is 2.71. The number of nitrogens with zero attached hydrogens (tertiary/aromatic N) is 1. The molecule has 0 saturated heterocycles. The van der Waals surface area contributed by atoms with E-state index in [1.54, 1.807) is 0 Å². The first-order valence-corrected chi connectivity index (χ1v) is 6.17. The molecule has 0 aromatic heterocycles. The minimum Gasteiger partial charge on any atom is -0.480 e. The van der Waals surface area contributed by atoms with E-state index >= 15 is 0 Å². The maximum atomic E-state index is 11.0. The van der Waals surface area contributed by atoms with Gasteiger partial charge < -0.3 is 5.11 Å². The number of hydrogen-bond acceptors (Lipinski definition) is 2. The van der Waals surface area contributed by atoms with Gasteiger partial charge in [0.25, 0.3) is 0 Å². The van der Waals surface area contributed by atoms with Crippen LogP contribution in [-0.4, -0.2) is 34.6 Å². The van der Waals surface area contributed by atoms with E-state index in [1.165, 1.54) is 38.5 Å². The second-order valence-corrected chi connectivity index (χ2v) is 5.09. The summed E-state index contributed by atoms with van der Waals surface area (Å²) in [6, 6.07) is 0.273. The summed E-state index contributed by atoms with van der Waals surface area (Å²) in [5.74, 6) is 0.0901. The van der Waals surface area contributed by atoms with E-state index < -0.39 is 5.97 Å². The molecular weight excluding hydrogens is 190 g/mol. The first kappa shape index (κ1) is 10.9.